The van der Waals surface area contributed by atoms with Crippen LogP contribution in [-0.2, 0) is 11.0 Å². The Kier molecular flexibility index (Phi) is 3.31. The van der Waals surface area contributed by atoms with Crippen LogP contribution in [0.2, 0.25) is 0 Å². The highest BCUT2D eigenvalue weighted by molar-refractivity contribution is 6.23. The van der Waals surface area contributed by atoms with E-state index in [2.05, 4.69) is 5.10 Å². The van der Waals surface area contributed by atoms with Gasteiger partial charge in [0, 0.05) is 12.6 Å². The maximum absolute atomic E-state index is 12.7. The molecule has 1 heterocycles. The highest BCUT2D eigenvalue weighted by Gasteiger charge is 2.47. The summed E-state index contributed by atoms with van der Waals surface area (Å²) in [7, 11) is 1.36. The van der Waals surface area contributed by atoms with Crippen molar-refractivity contribution < 1.29 is 23.2 Å². The largest absolute Gasteiger partial charge is 0.416 e. The number of hydrogen-bond acceptors (Lipinski definition) is 4. The lowest BCUT2D eigenvalue weighted by Gasteiger charge is -2.22. The van der Waals surface area contributed by atoms with Crippen LogP contribution >= 0.6 is 0 Å². The number of hydrogen-bond donors (Lipinski definition) is 2. The number of amides is 1. The van der Waals surface area contributed by atoms with Crippen LogP contribution in [-0.4, -0.2) is 34.4 Å². The highest BCUT2D eigenvalue weighted by atomic mass is 19.4. The summed E-state index contributed by atoms with van der Waals surface area (Å²) in [4.78, 5) is 11.9. The summed E-state index contributed by atoms with van der Waals surface area (Å²) in [6.45, 7) is 1.35. The third-order valence-electron chi connectivity index (χ3n) is 3.13. The van der Waals surface area contributed by atoms with Crippen molar-refractivity contribution >= 4 is 11.6 Å². The molecule has 1 aliphatic rings. The van der Waals surface area contributed by atoms with Crippen molar-refractivity contribution in [3.8, 4) is 0 Å². The van der Waals surface area contributed by atoms with E-state index in [0.29, 0.717) is 0 Å². The molecular formula is C12H12F3N3O2. The molecule has 20 heavy (non-hydrogen) atoms. The van der Waals surface area contributed by atoms with E-state index >= 15 is 0 Å². The quantitative estimate of drug-likeness (QED) is 0.812. The first-order valence-corrected chi connectivity index (χ1v) is 5.66. The Morgan fingerprint density at radius 3 is 2.60 bits per heavy atom. The lowest BCUT2D eigenvalue weighted by molar-refractivity contribution is -0.137. The van der Waals surface area contributed by atoms with Crippen molar-refractivity contribution in [3.63, 3.8) is 0 Å². The van der Waals surface area contributed by atoms with Crippen LogP contribution in [0.4, 0.5) is 13.2 Å². The van der Waals surface area contributed by atoms with Crippen LogP contribution < -0.4 is 5.48 Å². The molecule has 108 valence electrons. The number of hydrazone groups is 1. The predicted molar refractivity (Wildman–Crippen MR) is 64.1 cm³/mol. The molecule has 5 nitrogen and oxygen atoms in total. The number of nitrogens with zero attached hydrogens (tertiary/aromatic N) is 2. The van der Waals surface area contributed by atoms with Gasteiger partial charge in [0.25, 0.3) is 5.91 Å². The predicted octanol–water partition coefficient (Wildman–Crippen LogP) is 1.62. The van der Waals surface area contributed by atoms with Gasteiger partial charge in [0.2, 0.25) is 0 Å². The maximum Gasteiger partial charge on any atom is 0.416 e. The number of halogens is 3. The number of likely N-dealkylation sites (N-methyl/N-ethyl adjacent to an activating group) is 1. The second kappa shape index (κ2) is 4.57. The van der Waals surface area contributed by atoms with Gasteiger partial charge < -0.3 is 5.21 Å². The minimum atomic E-state index is -4.49. The summed E-state index contributed by atoms with van der Waals surface area (Å²) in [5, 5.41) is 14.0. The number of benzene rings is 1. The molecule has 0 radical (unpaired) electrons. The zero-order valence-corrected chi connectivity index (χ0v) is 10.7. The fourth-order valence-electron chi connectivity index (χ4n) is 2.01. The summed E-state index contributed by atoms with van der Waals surface area (Å²) < 4.78 is 38.1. The molecule has 0 aromatic heterocycles. The van der Waals surface area contributed by atoms with E-state index in [-0.39, 0.29) is 11.3 Å². The van der Waals surface area contributed by atoms with Crippen LogP contribution in [0.25, 0.3) is 0 Å². The van der Waals surface area contributed by atoms with Crippen LogP contribution in [0.5, 0.6) is 0 Å². The Morgan fingerprint density at radius 2 is 2.05 bits per heavy atom. The molecule has 1 aromatic rings. The van der Waals surface area contributed by atoms with Crippen LogP contribution in [0.15, 0.2) is 29.4 Å². The Morgan fingerprint density at radius 1 is 1.40 bits per heavy atom. The van der Waals surface area contributed by atoms with Gasteiger partial charge in [-0.25, -0.2) is 5.01 Å². The summed E-state index contributed by atoms with van der Waals surface area (Å²) in [5.74, 6) is -0.563. The first-order chi connectivity index (χ1) is 9.20. The molecule has 1 aromatic carbocycles. The average molecular weight is 287 g/mol. The molecular weight excluding hydrogens is 275 g/mol. The standard InChI is InChI=1S/C12H12F3N3O2/c1-11(17-20)9(16-18(2)10(11)19)7-4-3-5-8(6-7)12(13,14)15/h3-6,17,20H,1-2H3. The molecule has 0 aliphatic carbocycles. The third-order valence-corrected chi connectivity index (χ3v) is 3.13. The number of alkyl halides is 3. The monoisotopic (exact) mass is 287 g/mol. The molecule has 1 aliphatic heterocycles. The lowest BCUT2D eigenvalue weighted by atomic mass is 9.90. The minimum absolute atomic E-state index is 0.0265. The van der Waals surface area contributed by atoms with Crippen molar-refractivity contribution in [2.45, 2.75) is 18.6 Å². The van der Waals surface area contributed by atoms with E-state index in [4.69, 9.17) is 0 Å². The number of hydroxylamine groups is 1. The first kappa shape index (κ1) is 14.5. The molecule has 2 rings (SSSR count). The van der Waals surface area contributed by atoms with Crippen molar-refractivity contribution in [2.24, 2.45) is 5.10 Å². The van der Waals surface area contributed by atoms with E-state index in [1.54, 1.807) is 0 Å². The summed E-state index contributed by atoms with van der Waals surface area (Å²) in [6.07, 6.45) is -4.49. The zero-order chi connectivity index (χ0) is 15.1. The van der Waals surface area contributed by atoms with Crippen molar-refractivity contribution in [1.29, 1.82) is 0 Å². The van der Waals surface area contributed by atoms with Gasteiger partial charge in [0.05, 0.1) is 11.3 Å². The number of nitrogens with one attached hydrogen (secondary N) is 1. The van der Waals surface area contributed by atoms with Crippen LogP contribution in [0, 0.1) is 0 Å². The van der Waals surface area contributed by atoms with E-state index in [1.165, 1.54) is 26.1 Å². The van der Waals surface area contributed by atoms with Gasteiger partial charge in [-0.2, -0.15) is 23.8 Å². The zero-order valence-electron chi connectivity index (χ0n) is 10.7. The Bertz CT molecular complexity index is 586. The number of carbonyl (C=O) groups excluding carboxylic acids is 1. The van der Waals surface area contributed by atoms with E-state index in [0.717, 1.165) is 17.1 Å². The van der Waals surface area contributed by atoms with E-state index in [1.807, 2.05) is 5.48 Å². The number of rotatable bonds is 2. The third kappa shape index (κ3) is 2.16. The van der Waals surface area contributed by atoms with Crippen molar-refractivity contribution in [3.05, 3.63) is 35.4 Å². The molecule has 8 heteroatoms. The van der Waals surface area contributed by atoms with Gasteiger partial charge in [-0.3, -0.25) is 4.79 Å². The van der Waals surface area contributed by atoms with Gasteiger partial charge in [-0.05, 0) is 19.1 Å². The Labute approximate surface area is 112 Å². The second-order valence-electron chi connectivity index (χ2n) is 4.59. The molecule has 0 fully saturated rings. The molecule has 1 atom stereocenters. The molecule has 2 N–H and O–H groups in total. The van der Waals surface area contributed by atoms with E-state index < -0.39 is 23.2 Å². The molecule has 1 amide bonds. The molecule has 0 saturated heterocycles. The van der Waals surface area contributed by atoms with Crippen LogP contribution in [0.1, 0.15) is 18.1 Å². The lowest BCUT2D eigenvalue weighted by Crippen LogP contribution is -2.53. The molecule has 1 unspecified atom stereocenters. The normalized spacial score (nSPS) is 23.2. The molecule has 0 saturated carbocycles. The molecule has 0 bridgehead atoms. The summed E-state index contributed by atoms with van der Waals surface area (Å²) in [5.41, 5.74) is -0.455. The molecule has 0 spiro atoms. The smallest absolute Gasteiger partial charge is 0.315 e. The SMILES string of the molecule is CN1N=C(c2cccc(C(F)(F)F)c2)C(C)(NO)C1=O. The van der Waals surface area contributed by atoms with Crippen molar-refractivity contribution in [1.82, 2.24) is 10.5 Å². The Balaban J connectivity index is 2.52. The van der Waals surface area contributed by atoms with Crippen molar-refractivity contribution in [2.75, 3.05) is 7.05 Å². The summed E-state index contributed by atoms with van der Waals surface area (Å²) >= 11 is 0. The maximum atomic E-state index is 12.7. The fraction of sp³-hybridized carbons (Fsp3) is 0.333. The van der Waals surface area contributed by atoms with Gasteiger partial charge >= 0.3 is 6.18 Å². The Hall–Kier alpha value is -1.93. The van der Waals surface area contributed by atoms with Crippen LogP contribution in [0.3, 0.4) is 0 Å². The topological polar surface area (TPSA) is 64.9 Å². The van der Waals surface area contributed by atoms with Gasteiger partial charge in [-0.1, -0.05) is 12.1 Å². The second-order valence-corrected chi connectivity index (χ2v) is 4.59. The fourth-order valence-corrected chi connectivity index (χ4v) is 2.01. The average Bonchev–Trinajstić information content (AvgIpc) is 2.63. The number of carbonyl (C=O) groups is 1. The first-order valence-electron chi connectivity index (χ1n) is 5.66. The van der Waals surface area contributed by atoms with Gasteiger partial charge in [0.1, 0.15) is 0 Å². The van der Waals surface area contributed by atoms with Gasteiger partial charge in [0.15, 0.2) is 5.54 Å². The summed E-state index contributed by atoms with van der Waals surface area (Å²) in [6, 6.07) is 4.44. The van der Waals surface area contributed by atoms with E-state index in [9.17, 15) is 23.2 Å². The highest BCUT2D eigenvalue weighted by Crippen LogP contribution is 2.31. The minimum Gasteiger partial charge on any atom is -0.315 e. The van der Waals surface area contributed by atoms with Gasteiger partial charge in [-0.15, -0.1) is 0 Å².